The fraction of sp³-hybridized carbons (Fsp3) is 0.919. The van der Waals surface area contributed by atoms with Crippen LogP contribution in [-0.4, -0.2) is 37.2 Å². The van der Waals surface area contributed by atoms with Crippen molar-refractivity contribution in [1.29, 1.82) is 0 Å². The number of carbonyl (C=O) groups excluding carboxylic acids is 3. The highest BCUT2D eigenvalue weighted by atomic mass is 16.6. The van der Waals surface area contributed by atoms with Gasteiger partial charge in [0.2, 0.25) is 0 Å². The summed E-state index contributed by atoms with van der Waals surface area (Å²) in [5.41, 5.74) is 0. The monoisotopic (exact) mass is 611 g/mol. The van der Waals surface area contributed by atoms with E-state index >= 15 is 0 Å². The van der Waals surface area contributed by atoms with Gasteiger partial charge in [-0.2, -0.15) is 0 Å². The van der Waals surface area contributed by atoms with E-state index in [1.807, 2.05) is 0 Å². The Morgan fingerprint density at radius 1 is 0.372 bits per heavy atom. The lowest BCUT2D eigenvalue weighted by atomic mass is 10.0. The Morgan fingerprint density at radius 3 is 0.977 bits per heavy atom. The molecule has 0 N–H and O–H groups in total. The second kappa shape index (κ2) is 33.3. The maximum absolute atomic E-state index is 12.3. The van der Waals surface area contributed by atoms with Crippen molar-refractivity contribution < 1.29 is 28.6 Å². The quantitative estimate of drug-likeness (QED) is 0.0418. The molecule has 0 aromatic heterocycles. The fourth-order valence-corrected chi connectivity index (χ4v) is 5.26. The summed E-state index contributed by atoms with van der Waals surface area (Å²) in [5.74, 6) is -0.926. The molecule has 6 nitrogen and oxygen atoms in total. The summed E-state index contributed by atoms with van der Waals surface area (Å²) in [7, 11) is 0. The highest BCUT2D eigenvalue weighted by Gasteiger charge is 2.19. The largest absolute Gasteiger partial charge is 0.462 e. The number of rotatable bonds is 33. The van der Waals surface area contributed by atoms with Crippen LogP contribution in [0.25, 0.3) is 0 Å². The lowest BCUT2D eigenvalue weighted by molar-refractivity contribution is -0.167. The minimum Gasteiger partial charge on any atom is -0.462 e. The van der Waals surface area contributed by atoms with E-state index in [4.69, 9.17) is 14.2 Å². The van der Waals surface area contributed by atoms with Gasteiger partial charge in [-0.15, -0.1) is 0 Å². The van der Waals surface area contributed by atoms with Crippen LogP contribution in [0.1, 0.15) is 201 Å². The zero-order valence-electron chi connectivity index (χ0n) is 28.7. The lowest BCUT2D eigenvalue weighted by Crippen LogP contribution is -2.30. The average Bonchev–Trinajstić information content (AvgIpc) is 3.00. The summed E-state index contributed by atoms with van der Waals surface area (Å²) >= 11 is 0. The molecular formula is C37H70O6. The third-order valence-corrected chi connectivity index (χ3v) is 8.11. The van der Waals surface area contributed by atoms with Crippen molar-refractivity contribution in [2.45, 2.75) is 207 Å². The molecule has 0 fully saturated rings. The second-order valence-corrected chi connectivity index (χ2v) is 12.5. The Morgan fingerprint density at radius 2 is 0.628 bits per heavy atom. The summed E-state index contributed by atoms with van der Waals surface area (Å²) < 4.78 is 16.2. The molecule has 0 radical (unpaired) electrons. The number of hydrogen-bond donors (Lipinski definition) is 0. The first-order valence-electron chi connectivity index (χ1n) is 18.5. The zero-order chi connectivity index (χ0) is 31.6. The van der Waals surface area contributed by atoms with Crippen LogP contribution in [0.15, 0.2) is 0 Å². The molecule has 0 rings (SSSR count). The van der Waals surface area contributed by atoms with Crippen LogP contribution < -0.4 is 0 Å². The standard InChI is InChI=1S/C37H70O6/c1-4-7-10-11-12-13-14-15-16-17-18-19-20-21-22-23-24-25-28-30-36(39)42-33-34(43-37(40)31-27-9-6-3)32-41-35(38)29-26-8-5-2/h34H,4-33H2,1-3H3. The fourth-order valence-electron chi connectivity index (χ4n) is 5.26. The van der Waals surface area contributed by atoms with E-state index in [1.165, 1.54) is 103 Å². The van der Waals surface area contributed by atoms with Gasteiger partial charge in [0.15, 0.2) is 6.10 Å². The first kappa shape index (κ1) is 41.4. The van der Waals surface area contributed by atoms with Gasteiger partial charge in [-0.3, -0.25) is 14.4 Å². The Balaban J connectivity index is 3.82. The van der Waals surface area contributed by atoms with Crippen molar-refractivity contribution in [3.63, 3.8) is 0 Å². The summed E-state index contributed by atoms with van der Waals surface area (Å²) in [5, 5.41) is 0. The molecule has 254 valence electrons. The first-order valence-corrected chi connectivity index (χ1v) is 18.5. The minimum absolute atomic E-state index is 0.0697. The molecular weight excluding hydrogens is 540 g/mol. The number of esters is 3. The van der Waals surface area contributed by atoms with Crippen molar-refractivity contribution >= 4 is 17.9 Å². The first-order chi connectivity index (χ1) is 21.0. The van der Waals surface area contributed by atoms with Gasteiger partial charge in [-0.05, 0) is 19.3 Å². The highest BCUT2D eigenvalue weighted by Crippen LogP contribution is 2.15. The highest BCUT2D eigenvalue weighted by molar-refractivity contribution is 5.71. The van der Waals surface area contributed by atoms with Gasteiger partial charge in [-0.1, -0.05) is 162 Å². The third-order valence-electron chi connectivity index (χ3n) is 8.11. The zero-order valence-corrected chi connectivity index (χ0v) is 28.7. The molecule has 0 spiro atoms. The Bertz CT molecular complexity index is 635. The van der Waals surface area contributed by atoms with Gasteiger partial charge in [0.1, 0.15) is 13.2 Å². The molecule has 43 heavy (non-hydrogen) atoms. The van der Waals surface area contributed by atoms with E-state index in [1.54, 1.807) is 0 Å². The van der Waals surface area contributed by atoms with Gasteiger partial charge in [0.05, 0.1) is 0 Å². The van der Waals surface area contributed by atoms with Crippen LogP contribution in [0.3, 0.4) is 0 Å². The molecule has 0 amide bonds. The van der Waals surface area contributed by atoms with Gasteiger partial charge >= 0.3 is 17.9 Å². The van der Waals surface area contributed by atoms with Gasteiger partial charge in [0, 0.05) is 19.3 Å². The van der Waals surface area contributed by atoms with E-state index in [0.717, 1.165) is 57.8 Å². The summed E-state index contributed by atoms with van der Waals surface area (Å²) in [6.07, 6.45) is 30.9. The molecule has 0 heterocycles. The molecule has 6 heteroatoms. The molecule has 0 bridgehead atoms. The van der Waals surface area contributed by atoms with Crippen LogP contribution in [0.2, 0.25) is 0 Å². The molecule has 0 aliphatic heterocycles. The van der Waals surface area contributed by atoms with Crippen LogP contribution in [0.4, 0.5) is 0 Å². The van der Waals surface area contributed by atoms with E-state index < -0.39 is 6.10 Å². The summed E-state index contributed by atoms with van der Waals surface area (Å²) in [4.78, 5) is 36.4. The predicted octanol–water partition coefficient (Wildman–Crippen LogP) is 11.0. The average molecular weight is 611 g/mol. The van der Waals surface area contributed by atoms with Crippen molar-refractivity contribution in [3.8, 4) is 0 Å². The van der Waals surface area contributed by atoms with Crippen molar-refractivity contribution in [1.82, 2.24) is 0 Å². The number of unbranched alkanes of at least 4 members (excludes halogenated alkanes) is 22. The van der Waals surface area contributed by atoms with E-state index in [0.29, 0.717) is 19.3 Å². The summed E-state index contributed by atoms with van der Waals surface area (Å²) in [6, 6.07) is 0. The third kappa shape index (κ3) is 31.6. The minimum atomic E-state index is -0.752. The molecule has 0 saturated heterocycles. The molecule has 1 atom stereocenters. The van der Waals surface area contributed by atoms with Crippen LogP contribution in [-0.2, 0) is 28.6 Å². The van der Waals surface area contributed by atoms with Crippen LogP contribution in [0.5, 0.6) is 0 Å². The van der Waals surface area contributed by atoms with E-state index in [2.05, 4.69) is 20.8 Å². The van der Waals surface area contributed by atoms with Crippen molar-refractivity contribution in [3.05, 3.63) is 0 Å². The van der Waals surface area contributed by atoms with Crippen LogP contribution >= 0.6 is 0 Å². The molecule has 0 aromatic rings. The maximum Gasteiger partial charge on any atom is 0.306 e. The number of hydrogen-bond acceptors (Lipinski definition) is 6. The lowest BCUT2D eigenvalue weighted by Gasteiger charge is -2.18. The number of carbonyl (C=O) groups is 3. The van der Waals surface area contributed by atoms with E-state index in [9.17, 15) is 14.4 Å². The predicted molar refractivity (Wildman–Crippen MR) is 178 cm³/mol. The Labute approximate surface area is 266 Å². The van der Waals surface area contributed by atoms with Crippen LogP contribution in [0, 0.1) is 0 Å². The molecule has 1 unspecified atom stereocenters. The van der Waals surface area contributed by atoms with Gasteiger partial charge < -0.3 is 14.2 Å². The van der Waals surface area contributed by atoms with E-state index in [-0.39, 0.29) is 31.1 Å². The smallest absolute Gasteiger partial charge is 0.306 e. The van der Waals surface area contributed by atoms with Crippen molar-refractivity contribution in [2.75, 3.05) is 13.2 Å². The molecule has 0 saturated carbocycles. The normalized spacial score (nSPS) is 11.8. The SMILES string of the molecule is CCCCCCCCCCCCCCCCCCCCCC(=O)OCC(COC(=O)CCCCC)OC(=O)CCCCC. The second-order valence-electron chi connectivity index (χ2n) is 12.5. The molecule has 0 aliphatic carbocycles. The maximum atomic E-state index is 12.3. The number of ether oxygens (including phenoxy) is 3. The van der Waals surface area contributed by atoms with Crippen molar-refractivity contribution in [2.24, 2.45) is 0 Å². The molecule has 0 aromatic carbocycles. The Kier molecular flexibility index (Phi) is 32.1. The molecule has 0 aliphatic rings. The topological polar surface area (TPSA) is 78.9 Å². The summed E-state index contributed by atoms with van der Waals surface area (Å²) in [6.45, 7) is 6.29. The Hall–Kier alpha value is -1.59. The van der Waals surface area contributed by atoms with Gasteiger partial charge in [-0.25, -0.2) is 0 Å². The van der Waals surface area contributed by atoms with Gasteiger partial charge in [0.25, 0.3) is 0 Å².